The third-order valence-corrected chi connectivity index (χ3v) is 2.97. The van der Waals surface area contributed by atoms with Gasteiger partial charge in [0.2, 0.25) is 0 Å². The zero-order valence-electron chi connectivity index (χ0n) is 10.3. The van der Waals surface area contributed by atoms with Gasteiger partial charge in [0, 0.05) is 11.4 Å². The van der Waals surface area contributed by atoms with Crippen molar-refractivity contribution in [3.05, 3.63) is 53.1 Å². The van der Waals surface area contributed by atoms with Gasteiger partial charge in [-0.25, -0.2) is 4.39 Å². The fraction of sp³-hybridized carbons (Fsp3) is 0.214. The molecular formula is C14H14FNO2. The molecule has 1 aromatic carbocycles. The number of rotatable bonds is 3. The third kappa shape index (κ3) is 2.14. The molecule has 1 heterocycles. The fourth-order valence-corrected chi connectivity index (χ4v) is 2.17. The van der Waals surface area contributed by atoms with Crippen LogP contribution in [0.25, 0.3) is 5.69 Å². The summed E-state index contributed by atoms with van der Waals surface area (Å²) in [5.41, 5.74) is 2.75. The van der Waals surface area contributed by atoms with E-state index < -0.39 is 5.97 Å². The van der Waals surface area contributed by atoms with E-state index in [0.717, 1.165) is 11.4 Å². The van der Waals surface area contributed by atoms with E-state index in [1.165, 1.54) is 6.07 Å². The molecule has 0 fully saturated rings. The quantitative estimate of drug-likeness (QED) is 0.906. The monoisotopic (exact) mass is 247 g/mol. The molecule has 2 rings (SSSR count). The van der Waals surface area contributed by atoms with Crippen LogP contribution in [0, 0.1) is 19.7 Å². The van der Waals surface area contributed by atoms with Gasteiger partial charge < -0.3 is 9.67 Å². The maximum Gasteiger partial charge on any atom is 0.307 e. The first-order valence-electron chi connectivity index (χ1n) is 5.65. The second-order valence-electron chi connectivity index (χ2n) is 4.25. The summed E-state index contributed by atoms with van der Waals surface area (Å²) in [6, 6.07) is 8.25. The number of para-hydroxylation sites is 1. The highest BCUT2D eigenvalue weighted by atomic mass is 19.1. The van der Waals surface area contributed by atoms with Gasteiger partial charge in [-0.05, 0) is 37.6 Å². The van der Waals surface area contributed by atoms with Crippen molar-refractivity contribution in [1.82, 2.24) is 4.57 Å². The van der Waals surface area contributed by atoms with Crippen LogP contribution in [-0.4, -0.2) is 15.6 Å². The maximum absolute atomic E-state index is 13.8. The van der Waals surface area contributed by atoms with Gasteiger partial charge in [0.05, 0.1) is 12.1 Å². The smallest absolute Gasteiger partial charge is 0.307 e. The van der Waals surface area contributed by atoms with Crippen molar-refractivity contribution in [3.63, 3.8) is 0 Å². The molecule has 0 unspecified atom stereocenters. The average Bonchev–Trinajstić information content (AvgIpc) is 2.55. The predicted molar refractivity (Wildman–Crippen MR) is 66.5 cm³/mol. The van der Waals surface area contributed by atoms with Crippen LogP contribution in [0.4, 0.5) is 4.39 Å². The largest absolute Gasteiger partial charge is 0.481 e. The number of aromatic nitrogens is 1. The lowest BCUT2D eigenvalue weighted by Gasteiger charge is -2.10. The molecule has 94 valence electrons. The highest BCUT2D eigenvalue weighted by molar-refractivity contribution is 5.71. The normalized spacial score (nSPS) is 10.6. The second kappa shape index (κ2) is 4.64. The summed E-state index contributed by atoms with van der Waals surface area (Å²) < 4.78 is 15.5. The number of carboxylic acid groups (broad SMARTS) is 1. The van der Waals surface area contributed by atoms with Crippen LogP contribution < -0.4 is 0 Å². The van der Waals surface area contributed by atoms with Crippen LogP contribution in [0.2, 0.25) is 0 Å². The number of nitrogens with zero attached hydrogens (tertiary/aromatic N) is 1. The summed E-state index contributed by atoms with van der Waals surface area (Å²) in [7, 11) is 0. The minimum Gasteiger partial charge on any atom is -0.481 e. The minimum absolute atomic E-state index is 0.0475. The van der Waals surface area contributed by atoms with Crippen LogP contribution >= 0.6 is 0 Å². The topological polar surface area (TPSA) is 42.2 Å². The van der Waals surface area contributed by atoms with Crippen molar-refractivity contribution in [2.45, 2.75) is 20.3 Å². The van der Waals surface area contributed by atoms with Gasteiger partial charge in [0.25, 0.3) is 0 Å². The number of carboxylic acids is 1. The Morgan fingerprint density at radius 3 is 2.61 bits per heavy atom. The van der Waals surface area contributed by atoms with Crippen molar-refractivity contribution in [3.8, 4) is 5.69 Å². The van der Waals surface area contributed by atoms with E-state index in [1.54, 1.807) is 35.8 Å². The van der Waals surface area contributed by atoms with E-state index >= 15 is 0 Å². The number of halogens is 1. The lowest BCUT2D eigenvalue weighted by molar-refractivity contribution is -0.136. The molecule has 1 aromatic heterocycles. The summed E-state index contributed by atoms with van der Waals surface area (Å²) in [4.78, 5) is 10.8. The second-order valence-corrected chi connectivity index (χ2v) is 4.25. The van der Waals surface area contributed by atoms with Crippen molar-refractivity contribution in [2.75, 3.05) is 0 Å². The average molecular weight is 247 g/mol. The van der Waals surface area contributed by atoms with Crippen molar-refractivity contribution in [1.29, 1.82) is 0 Å². The van der Waals surface area contributed by atoms with E-state index in [1.807, 2.05) is 6.92 Å². The Bertz CT molecular complexity index is 602. The molecule has 0 amide bonds. The van der Waals surface area contributed by atoms with Gasteiger partial charge in [-0.1, -0.05) is 12.1 Å². The molecule has 0 saturated heterocycles. The Balaban J connectivity index is 2.56. The van der Waals surface area contributed by atoms with Gasteiger partial charge >= 0.3 is 5.97 Å². The molecule has 3 nitrogen and oxygen atoms in total. The Morgan fingerprint density at radius 2 is 2.00 bits per heavy atom. The van der Waals surface area contributed by atoms with Crippen molar-refractivity contribution < 1.29 is 14.3 Å². The molecule has 0 radical (unpaired) electrons. The highest BCUT2D eigenvalue weighted by Gasteiger charge is 2.14. The van der Waals surface area contributed by atoms with Gasteiger partial charge in [-0.3, -0.25) is 4.79 Å². The number of aliphatic carboxylic acids is 1. The fourth-order valence-electron chi connectivity index (χ4n) is 2.17. The lowest BCUT2D eigenvalue weighted by atomic mass is 10.2. The number of hydrogen-bond acceptors (Lipinski definition) is 1. The molecule has 2 aromatic rings. The molecule has 0 bridgehead atoms. The molecule has 1 N–H and O–H groups in total. The van der Waals surface area contributed by atoms with Gasteiger partial charge in [0.15, 0.2) is 0 Å². The highest BCUT2D eigenvalue weighted by Crippen LogP contribution is 2.23. The first kappa shape index (κ1) is 12.4. The van der Waals surface area contributed by atoms with Crippen LogP contribution in [0.1, 0.15) is 17.0 Å². The van der Waals surface area contributed by atoms with Crippen molar-refractivity contribution >= 4 is 5.97 Å². The number of aryl methyl sites for hydroxylation is 1. The van der Waals surface area contributed by atoms with E-state index in [-0.39, 0.29) is 12.2 Å². The lowest BCUT2D eigenvalue weighted by Crippen LogP contribution is -2.04. The summed E-state index contributed by atoms with van der Waals surface area (Å²) in [6.07, 6.45) is -0.0475. The van der Waals surface area contributed by atoms with E-state index in [9.17, 15) is 9.18 Å². The summed E-state index contributed by atoms with van der Waals surface area (Å²) >= 11 is 0. The summed E-state index contributed by atoms with van der Waals surface area (Å²) in [5.74, 6) is -1.20. The molecule has 0 aliphatic heterocycles. The standard InChI is InChI=1S/C14H14FNO2/c1-9-7-11(8-14(17)18)10(2)16(9)13-6-4-3-5-12(13)15/h3-7H,8H2,1-2H3,(H,17,18). The number of benzene rings is 1. The molecular weight excluding hydrogens is 233 g/mol. The molecule has 4 heteroatoms. The van der Waals surface area contributed by atoms with Crippen LogP contribution in [0.5, 0.6) is 0 Å². The van der Waals surface area contributed by atoms with E-state index in [0.29, 0.717) is 11.3 Å². The number of carbonyl (C=O) groups is 1. The molecule has 0 aliphatic rings. The van der Waals surface area contributed by atoms with Crippen molar-refractivity contribution in [2.24, 2.45) is 0 Å². The predicted octanol–water partition coefficient (Wildman–Crippen LogP) is 2.86. The molecule has 0 saturated carbocycles. The van der Waals surface area contributed by atoms with Gasteiger partial charge in [0.1, 0.15) is 5.82 Å². The Hall–Kier alpha value is -2.10. The minimum atomic E-state index is -0.885. The summed E-state index contributed by atoms with van der Waals surface area (Å²) in [5, 5.41) is 8.83. The summed E-state index contributed by atoms with van der Waals surface area (Å²) in [6.45, 7) is 3.64. The van der Waals surface area contributed by atoms with E-state index in [2.05, 4.69) is 0 Å². The Kier molecular flexibility index (Phi) is 3.19. The molecule has 18 heavy (non-hydrogen) atoms. The maximum atomic E-state index is 13.8. The molecule has 0 atom stereocenters. The van der Waals surface area contributed by atoms with Crippen LogP contribution in [0.15, 0.2) is 30.3 Å². The first-order valence-corrected chi connectivity index (χ1v) is 5.65. The van der Waals surface area contributed by atoms with E-state index in [4.69, 9.17) is 5.11 Å². The zero-order valence-corrected chi connectivity index (χ0v) is 10.3. The third-order valence-electron chi connectivity index (χ3n) is 2.97. The van der Waals surface area contributed by atoms with Gasteiger partial charge in [-0.2, -0.15) is 0 Å². The van der Waals surface area contributed by atoms with Crippen LogP contribution in [-0.2, 0) is 11.2 Å². The molecule has 0 spiro atoms. The Labute approximate surface area is 104 Å². The molecule has 0 aliphatic carbocycles. The number of hydrogen-bond donors (Lipinski definition) is 1. The van der Waals surface area contributed by atoms with Crippen LogP contribution in [0.3, 0.4) is 0 Å². The first-order chi connectivity index (χ1) is 8.50. The van der Waals surface area contributed by atoms with Gasteiger partial charge in [-0.15, -0.1) is 0 Å². The Morgan fingerprint density at radius 1 is 1.33 bits per heavy atom. The zero-order chi connectivity index (χ0) is 13.3. The SMILES string of the molecule is Cc1cc(CC(=O)O)c(C)n1-c1ccccc1F.